The number of carbonyl (C=O) groups excluding carboxylic acids is 2. The van der Waals surface area contributed by atoms with E-state index in [4.69, 9.17) is 14.7 Å². The quantitative estimate of drug-likeness (QED) is 0.592. The van der Waals surface area contributed by atoms with Gasteiger partial charge < -0.3 is 9.47 Å². The monoisotopic (exact) mass is 375 g/mol. The van der Waals surface area contributed by atoms with Gasteiger partial charge in [-0.3, -0.25) is 4.79 Å². The standard InChI is InChI=1S/C23H21NO4/c1-21(2)22(3)12-13-23(21,28-19(22)25)20(26)27-18-10-8-17(9-11-18)16-6-4-15(14-24)5-7-16/h4-11H,12-13H2,1-3H3/t22-,23?/m0/s1. The van der Waals surface area contributed by atoms with E-state index in [1.807, 2.05) is 45.0 Å². The zero-order chi connectivity index (χ0) is 20.2. The van der Waals surface area contributed by atoms with Gasteiger partial charge in [0.1, 0.15) is 5.75 Å². The Morgan fingerprint density at radius 3 is 2.04 bits per heavy atom. The zero-order valence-corrected chi connectivity index (χ0v) is 16.1. The van der Waals surface area contributed by atoms with Gasteiger partial charge in [-0.15, -0.1) is 0 Å². The first kappa shape index (κ1) is 18.2. The van der Waals surface area contributed by atoms with Crippen molar-refractivity contribution in [3.63, 3.8) is 0 Å². The van der Waals surface area contributed by atoms with Crippen molar-refractivity contribution in [2.45, 2.75) is 39.2 Å². The van der Waals surface area contributed by atoms with Crippen molar-refractivity contribution in [3.8, 4) is 22.9 Å². The zero-order valence-electron chi connectivity index (χ0n) is 16.1. The molecule has 142 valence electrons. The van der Waals surface area contributed by atoms with Gasteiger partial charge in [0, 0.05) is 5.41 Å². The van der Waals surface area contributed by atoms with E-state index in [9.17, 15) is 9.59 Å². The second-order valence-electron chi connectivity index (χ2n) is 8.28. The van der Waals surface area contributed by atoms with E-state index < -0.39 is 22.4 Å². The lowest BCUT2D eigenvalue weighted by atomic mass is 9.66. The summed E-state index contributed by atoms with van der Waals surface area (Å²) in [6.45, 7) is 5.67. The Kier molecular flexibility index (Phi) is 3.87. The van der Waals surface area contributed by atoms with Gasteiger partial charge in [0.05, 0.1) is 17.0 Å². The SMILES string of the molecule is CC1(C)C2(C(=O)Oc3ccc(-c4ccc(C#N)cc4)cc3)CC[C@@]1(C)C(=O)O2. The molecule has 5 nitrogen and oxygen atoms in total. The van der Waals surface area contributed by atoms with Crippen LogP contribution in [0.4, 0.5) is 0 Å². The van der Waals surface area contributed by atoms with Gasteiger partial charge >= 0.3 is 11.9 Å². The minimum atomic E-state index is -1.23. The lowest BCUT2D eigenvalue weighted by Crippen LogP contribution is -2.50. The lowest BCUT2D eigenvalue weighted by Gasteiger charge is -2.34. The first-order chi connectivity index (χ1) is 13.2. The second-order valence-corrected chi connectivity index (χ2v) is 8.28. The Hall–Kier alpha value is -3.13. The van der Waals surface area contributed by atoms with E-state index in [0.29, 0.717) is 24.2 Å². The number of benzene rings is 2. The number of esters is 2. The Labute approximate surface area is 163 Å². The Morgan fingerprint density at radius 1 is 1.00 bits per heavy atom. The predicted molar refractivity (Wildman–Crippen MR) is 102 cm³/mol. The molecule has 1 heterocycles. The molecule has 5 heteroatoms. The van der Waals surface area contributed by atoms with Crippen molar-refractivity contribution in [1.82, 2.24) is 0 Å². The average molecular weight is 375 g/mol. The summed E-state index contributed by atoms with van der Waals surface area (Å²) in [6, 6.07) is 16.5. The molecule has 1 aliphatic carbocycles. The van der Waals surface area contributed by atoms with Crippen molar-refractivity contribution < 1.29 is 19.1 Å². The lowest BCUT2D eigenvalue weighted by molar-refractivity contribution is -0.176. The van der Waals surface area contributed by atoms with Crippen LogP contribution in [0.2, 0.25) is 0 Å². The number of carbonyl (C=O) groups is 2. The fourth-order valence-electron chi connectivity index (χ4n) is 4.34. The summed E-state index contributed by atoms with van der Waals surface area (Å²) in [5, 5.41) is 8.89. The fraction of sp³-hybridized carbons (Fsp3) is 0.348. The van der Waals surface area contributed by atoms with Crippen LogP contribution in [0, 0.1) is 22.2 Å². The molecule has 2 fully saturated rings. The third kappa shape index (κ3) is 2.31. The van der Waals surface area contributed by atoms with Gasteiger partial charge in [-0.2, -0.15) is 5.26 Å². The maximum atomic E-state index is 13.0. The number of fused-ring (bicyclic) bond motifs is 2. The first-order valence-electron chi connectivity index (χ1n) is 9.30. The topological polar surface area (TPSA) is 76.4 Å². The molecule has 2 aromatic rings. The highest BCUT2D eigenvalue weighted by atomic mass is 16.6. The summed E-state index contributed by atoms with van der Waals surface area (Å²) < 4.78 is 11.2. The molecule has 0 N–H and O–H groups in total. The summed E-state index contributed by atoms with van der Waals surface area (Å²) in [7, 11) is 0. The molecule has 1 saturated heterocycles. The molecule has 0 spiro atoms. The van der Waals surface area contributed by atoms with Crippen molar-refractivity contribution in [3.05, 3.63) is 54.1 Å². The van der Waals surface area contributed by atoms with Crippen molar-refractivity contribution in [2.24, 2.45) is 10.8 Å². The van der Waals surface area contributed by atoms with E-state index in [-0.39, 0.29) is 5.97 Å². The Morgan fingerprint density at radius 2 is 1.57 bits per heavy atom. The summed E-state index contributed by atoms with van der Waals surface area (Å²) >= 11 is 0. The molecule has 1 aliphatic heterocycles. The van der Waals surface area contributed by atoms with Gasteiger partial charge in [-0.1, -0.05) is 38.1 Å². The maximum Gasteiger partial charge on any atom is 0.356 e. The smallest absolute Gasteiger partial charge is 0.356 e. The van der Waals surface area contributed by atoms with E-state index in [0.717, 1.165) is 11.1 Å². The molecule has 2 aromatic carbocycles. The van der Waals surface area contributed by atoms with Crippen LogP contribution in [0.5, 0.6) is 5.75 Å². The summed E-state index contributed by atoms with van der Waals surface area (Å²) in [5.41, 5.74) is -0.00517. The molecule has 2 bridgehead atoms. The molecule has 2 aliphatic rings. The van der Waals surface area contributed by atoms with Gasteiger partial charge in [-0.05, 0) is 55.2 Å². The van der Waals surface area contributed by atoms with Gasteiger partial charge in [0.25, 0.3) is 0 Å². The Balaban J connectivity index is 1.54. The van der Waals surface area contributed by atoms with Crippen LogP contribution in [0.1, 0.15) is 39.2 Å². The predicted octanol–water partition coefficient (Wildman–Crippen LogP) is 4.25. The van der Waals surface area contributed by atoms with Crippen molar-refractivity contribution >= 4 is 11.9 Å². The Bertz CT molecular complexity index is 1000. The number of nitriles is 1. The third-order valence-electron chi connectivity index (χ3n) is 6.83. The highest BCUT2D eigenvalue weighted by Gasteiger charge is 2.76. The normalized spacial score (nSPS) is 27.1. The van der Waals surface area contributed by atoms with E-state index in [1.165, 1.54) is 0 Å². The summed E-state index contributed by atoms with van der Waals surface area (Å²) in [5.74, 6) is -0.431. The van der Waals surface area contributed by atoms with Crippen LogP contribution in [0.15, 0.2) is 48.5 Å². The minimum Gasteiger partial charge on any atom is -0.446 e. The highest BCUT2D eigenvalue weighted by Crippen LogP contribution is 2.65. The van der Waals surface area contributed by atoms with E-state index in [2.05, 4.69) is 6.07 Å². The molecule has 0 amide bonds. The van der Waals surface area contributed by atoms with Crippen LogP contribution in [-0.2, 0) is 14.3 Å². The van der Waals surface area contributed by atoms with Crippen LogP contribution in [0.25, 0.3) is 11.1 Å². The number of hydrogen-bond donors (Lipinski definition) is 0. The van der Waals surface area contributed by atoms with Crippen LogP contribution >= 0.6 is 0 Å². The molecular formula is C23H21NO4. The van der Waals surface area contributed by atoms with Gasteiger partial charge in [0.15, 0.2) is 0 Å². The second kappa shape index (κ2) is 5.93. The summed E-state index contributed by atoms with van der Waals surface area (Å²) in [6.07, 6.45) is 1.09. The molecule has 1 saturated carbocycles. The molecule has 4 rings (SSSR count). The number of rotatable bonds is 3. The minimum absolute atomic E-state index is 0.322. The van der Waals surface area contributed by atoms with Gasteiger partial charge in [0.2, 0.25) is 5.60 Å². The molecule has 2 atom stereocenters. The largest absolute Gasteiger partial charge is 0.446 e. The molecule has 0 aromatic heterocycles. The van der Waals surface area contributed by atoms with Crippen LogP contribution in [-0.4, -0.2) is 17.5 Å². The van der Waals surface area contributed by atoms with E-state index >= 15 is 0 Å². The third-order valence-corrected chi connectivity index (χ3v) is 6.83. The van der Waals surface area contributed by atoms with Crippen LogP contribution < -0.4 is 4.74 Å². The van der Waals surface area contributed by atoms with E-state index in [1.54, 1.807) is 24.3 Å². The number of nitrogens with zero attached hydrogens (tertiary/aromatic N) is 1. The van der Waals surface area contributed by atoms with Crippen molar-refractivity contribution in [1.29, 1.82) is 5.26 Å². The molecular weight excluding hydrogens is 354 g/mol. The molecule has 28 heavy (non-hydrogen) atoms. The average Bonchev–Trinajstić information content (AvgIpc) is 2.99. The van der Waals surface area contributed by atoms with Gasteiger partial charge in [-0.25, -0.2) is 4.79 Å². The molecule has 0 radical (unpaired) electrons. The molecule has 1 unspecified atom stereocenters. The highest BCUT2D eigenvalue weighted by molar-refractivity contribution is 5.94. The fourth-order valence-corrected chi connectivity index (χ4v) is 4.34. The van der Waals surface area contributed by atoms with Crippen LogP contribution in [0.3, 0.4) is 0 Å². The summed E-state index contributed by atoms with van der Waals surface area (Å²) in [4.78, 5) is 25.3. The number of ether oxygens (including phenoxy) is 2. The first-order valence-corrected chi connectivity index (χ1v) is 9.30. The maximum absolute atomic E-state index is 13.0. The number of hydrogen-bond acceptors (Lipinski definition) is 5. The van der Waals surface area contributed by atoms with Crippen molar-refractivity contribution in [2.75, 3.05) is 0 Å².